The van der Waals surface area contributed by atoms with E-state index in [2.05, 4.69) is 27.6 Å². The zero-order valence-corrected chi connectivity index (χ0v) is 13.4. The van der Waals surface area contributed by atoms with Gasteiger partial charge in [0, 0.05) is 29.8 Å². The fourth-order valence-electron chi connectivity index (χ4n) is 1.79. The highest BCUT2D eigenvalue weighted by molar-refractivity contribution is 6.02. The first-order valence-electron chi connectivity index (χ1n) is 7.41. The molecule has 4 N–H and O–H groups in total. The summed E-state index contributed by atoms with van der Waals surface area (Å²) in [6.45, 7) is 1.16. The minimum Gasteiger partial charge on any atom is -0.394 e. The zero-order chi connectivity index (χ0) is 18.2. The summed E-state index contributed by atoms with van der Waals surface area (Å²) in [5, 5.41) is 26.5. The summed E-state index contributed by atoms with van der Waals surface area (Å²) in [5.74, 6) is 4.54. The second kappa shape index (κ2) is 8.63. The van der Waals surface area contributed by atoms with Crippen LogP contribution in [-0.4, -0.2) is 46.4 Å². The molecule has 1 atom stereocenters. The lowest BCUT2D eigenvalue weighted by atomic mass is 10.2. The van der Waals surface area contributed by atoms with Gasteiger partial charge in [-0.05, 0) is 25.1 Å². The Labute approximate surface area is 143 Å². The number of hydrogen-bond donors (Lipinski definition) is 4. The Morgan fingerprint density at radius 3 is 2.84 bits per heavy atom. The maximum absolute atomic E-state index is 12.0. The Hall–Kier alpha value is -3.15. The molecule has 2 aromatic rings. The molecule has 8 heteroatoms. The Kier molecular flexibility index (Phi) is 6.28. The van der Waals surface area contributed by atoms with E-state index < -0.39 is 24.5 Å². The number of nitrogens with one attached hydrogen (secondary N) is 2. The van der Waals surface area contributed by atoms with Gasteiger partial charge >= 0.3 is 0 Å². The second-order valence-corrected chi connectivity index (χ2v) is 5.15. The predicted octanol–water partition coefficient (Wildman–Crippen LogP) is 0.0562. The molecule has 0 spiro atoms. The topological polar surface area (TPSA) is 125 Å². The lowest BCUT2D eigenvalue weighted by Crippen LogP contribution is -2.33. The first kappa shape index (κ1) is 18.2. The monoisotopic (exact) mass is 343 g/mol. The molecule has 1 heterocycles. The van der Waals surface area contributed by atoms with Crippen molar-refractivity contribution in [1.82, 2.24) is 10.5 Å². The normalized spacial score (nSPS) is 11.2. The highest BCUT2D eigenvalue weighted by Crippen LogP contribution is 2.12. The van der Waals surface area contributed by atoms with Crippen LogP contribution in [-0.2, 0) is 4.79 Å². The van der Waals surface area contributed by atoms with Crippen molar-refractivity contribution in [1.29, 1.82) is 0 Å². The lowest BCUT2D eigenvalue weighted by Gasteiger charge is -2.05. The highest BCUT2D eigenvalue weighted by atomic mass is 16.5. The number of anilines is 1. The van der Waals surface area contributed by atoms with Crippen molar-refractivity contribution in [2.75, 3.05) is 18.5 Å². The fraction of sp³-hybridized carbons (Fsp3) is 0.235. The van der Waals surface area contributed by atoms with Crippen LogP contribution in [0.1, 0.15) is 21.8 Å². The Morgan fingerprint density at radius 1 is 1.36 bits per heavy atom. The van der Waals surface area contributed by atoms with E-state index in [1.54, 1.807) is 31.2 Å². The van der Waals surface area contributed by atoms with Gasteiger partial charge in [0.15, 0.2) is 5.69 Å². The van der Waals surface area contributed by atoms with Crippen LogP contribution < -0.4 is 10.6 Å². The molecule has 25 heavy (non-hydrogen) atoms. The summed E-state index contributed by atoms with van der Waals surface area (Å²) in [6, 6.07) is 8.16. The molecule has 1 aromatic carbocycles. The van der Waals surface area contributed by atoms with Crippen molar-refractivity contribution in [3.63, 3.8) is 0 Å². The standard InChI is InChI=1S/C17H17N3O5/c1-11-7-15(20-25-11)17(24)19-13-4-2-3-12(8-13)5-6-16(23)18-9-14(22)10-21/h2-4,7-8,14,21-22H,9-10H2,1H3,(H,18,23)(H,19,24)/t14-/m1/s1. The van der Waals surface area contributed by atoms with Crippen molar-refractivity contribution < 1.29 is 24.3 Å². The van der Waals surface area contributed by atoms with Crippen molar-refractivity contribution in [2.24, 2.45) is 0 Å². The van der Waals surface area contributed by atoms with Gasteiger partial charge in [-0.3, -0.25) is 9.59 Å². The number of carbonyl (C=O) groups is 2. The molecule has 0 aliphatic heterocycles. The lowest BCUT2D eigenvalue weighted by molar-refractivity contribution is -0.116. The molecule has 0 bridgehead atoms. The average molecular weight is 343 g/mol. The summed E-state index contributed by atoms with van der Waals surface area (Å²) in [4.78, 5) is 23.5. The second-order valence-electron chi connectivity index (χ2n) is 5.15. The average Bonchev–Trinajstić information content (AvgIpc) is 3.04. The SMILES string of the molecule is Cc1cc(C(=O)Nc2cccc(C#CC(=O)NC[C@@H](O)CO)c2)no1. The third-order valence-corrected chi connectivity index (χ3v) is 3.01. The molecule has 0 radical (unpaired) electrons. The van der Waals surface area contributed by atoms with Gasteiger partial charge in [-0.25, -0.2) is 0 Å². The molecule has 0 unspecified atom stereocenters. The van der Waals surface area contributed by atoms with Crippen molar-refractivity contribution in [3.05, 3.63) is 47.3 Å². The Bertz CT molecular complexity index is 819. The minimum atomic E-state index is -1.02. The van der Waals surface area contributed by atoms with Crippen molar-refractivity contribution in [3.8, 4) is 11.8 Å². The van der Waals surface area contributed by atoms with Crippen LogP contribution in [0.3, 0.4) is 0 Å². The van der Waals surface area contributed by atoms with E-state index in [0.717, 1.165) is 0 Å². The van der Waals surface area contributed by atoms with Gasteiger partial charge in [0.05, 0.1) is 12.7 Å². The third kappa shape index (κ3) is 5.76. The molecule has 0 saturated heterocycles. The molecular weight excluding hydrogens is 326 g/mol. The Morgan fingerprint density at radius 2 is 2.16 bits per heavy atom. The van der Waals surface area contributed by atoms with Gasteiger partial charge in [-0.1, -0.05) is 17.1 Å². The number of aryl methyl sites for hydroxylation is 1. The number of benzene rings is 1. The highest BCUT2D eigenvalue weighted by Gasteiger charge is 2.11. The van der Waals surface area contributed by atoms with Crippen LogP contribution in [0.15, 0.2) is 34.9 Å². The fourth-order valence-corrected chi connectivity index (χ4v) is 1.79. The summed E-state index contributed by atoms with van der Waals surface area (Å²) >= 11 is 0. The number of aliphatic hydroxyl groups excluding tert-OH is 2. The van der Waals surface area contributed by atoms with Crippen LogP contribution in [0.5, 0.6) is 0 Å². The summed E-state index contributed by atoms with van der Waals surface area (Å²) in [5.41, 5.74) is 1.18. The zero-order valence-electron chi connectivity index (χ0n) is 13.4. The van der Waals surface area contributed by atoms with Crippen LogP contribution in [0.4, 0.5) is 5.69 Å². The van der Waals surface area contributed by atoms with Gasteiger partial charge in [-0.2, -0.15) is 0 Å². The molecule has 2 amide bonds. The van der Waals surface area contributed by atoms with E-state index >= 15 is 0 Å². The number of aliphatic hydroxyl groups is 2. The van der Waals surface area contributed by atoms with Gasteiger partial charge in [0.1, 0.15) is 5.76 Å². The van der Waals surface area contributed by atoms with Gasteiger partial charge < -0.3 is 25.4 Å². The molecule has 8 nitrogen and oxygen atoms in total. The molecule has 130 valence electrons. The van der Waals surface area contributed by atoms with Crippen LogP contribution in [0.2, 0.25) is 0 Å². The predicted molar refractivity (Wildman–Crippen MR) is 88.6 cm³/mol. The number of rotatable bonds is 5. The third-order valence-electron chi connectivity index (χ3n) is 3.01. The molecule has 0 aliphatic carbocycles. The molecule has 0 saturated carbocycles. The van der Waals surface area contributed by atoms with E-state index in [0.29, 0.717) is 17.0 Å². The first-order valence-corrected chi connectivity index (χ1v) is 7.41. The number of carbonyl (C=O) groups excluding carboxylic acids is 2. The largest absolute Gasteiger partial charge is 0.394 e. The van der Waals surface area contributed by atoms with E-state index in [-0.39, 0.29) is 12.2 Å². The minimum absolute atomic E-state index is 0.0861. The van der Waals surface area contributed by atoms with E-state index in [1.807, 2.05) is 0 Å². The Balaban J connectivity index is 1.98. The van der Waals surface area contributed by atoms with Gasteiger partial charge in [0.2, 0.25) is 0 Å². The van der Waals surface area contributed by atoms with Gasteiger partial charge in [0.25, 0.3) is 11.8 Å². The summed E-state index contributed by atoms with van der Waals surface area (Å²) < 4.78 is 4.85. The van der Waals surface area contributed by atoms with Crippen LogP contribution in [0.25, 0.3) is 0 Å². The van der Waals surface area contributed by atoms with Crippen LogP contribution in [0, 0.1) is 18.8 Å². The van der Waals surface area contributed by atoms with E-state index in [4.69, 9.17) is 14.7 Å². The van der Waals surface area contributed by atoms with Gasteiger partial charge in [-0.15, -0.1) is 0 Å². The number of aromatic nitrogens is 1. The smallest absolute Gasteiger partial charge is 0.296 e. The number of hydrogen-bond acceptors (Lipinski definition) is 6. The van der Waals surface area contributed by atoms with E-state index in [9.17, 15) is 9.59 Å². The summed E-state index contributed by atoms with van der Waals surface area (Å²) in [6.07, 6.45) is -1.02. The van der Waals surface area contributed by atoms with Crippen LogP contribution >= 0.6 is 0 Å². The first-order chi connectivity index (χ1) is 12.0. The molecule has 2 rings (SSSR count). The van der Waals surface area contributed by atoms with E-state index in [1.165, 1.54) is 6.07 Å². The molecular formula is C17H17N3O5. The molecule has 0 fully saturated rings. The van der Waals surface area contributed by atoms with Crippen molar-refractivity contribution in [2.45, 2.75) is 13.0 Å². The maximum atomic E-state index is 12.0. The number of nitrogens with zero attached hydrogens (tertiary/aromatic N) is 1. The summed E-state index contributed by atoms with van der Waals surface area (Å²) in [7, 11) is 0. The van der Waals surface area contributed by atoms with Crippen molar-refractivity contribution >= 4 is 17.5 Å². The molecule has 1 aromatic heterocycles. The molecule has 0 aliphatic rings. The number of amides is 2. The maximum Gasteiger partial charge on any atom is 0.296 e. The quantitative estimate of drug-likeness (QED) is 0.569.